The highest BCUT2D eigenvalue weighted by Crippen LogP contribution is 2.36. The average Bonchev–Trinajstić information content (AvgIpc) is 2.74. The van der Waals surface area contributed by atoms with E-state index in [9.17, 15) is 0 Å². The van der Waals surface area contributed by atoms with Gasteiger partial charge < -0.3 is 15.7 Å². The predicted molar refractivity (Wildman–Crippen MR) is 73.6 cm³/mol. The van der Waals surface area contributed by atoms with Crippen LogP contribution in [0, 0.1) is 0 Å². The average molecular weight is 287 g/mol. The second kappa shape index (κ2) is 5.82. The van der Waals surface area contributed by atoms with Crippen LogP contribution in [0.25, 0.3) is 0 Å². The Morgan fingerprint density at radius 1 is 1.61 bits per heavy atom. The first-order valence-electron chi connectivity index (χ1n) is 5.68. The molecule has 0 spiro atoms. The van der Waals surface area contributed by atoms with E-state index in [0.717, 1.165) is 17.9 Å². The van der Waals surface area contributed by atoms with E-state index in [0.29, 0.717) is 15.8 Å². The van der Waals surface area contributed by atoms with Gasteiger partial charge in [0, 0.05) is 16.8 Å². The minimum Gasteiger partial charge on any atom is -0.409 e. The summed E-state index contributed by atoms with van der Waals surface area (Å²) in [4.78, 5) is 0.917. The number of thioether (sulfide) groups is 1. The van der Waals surface area contributed by atoms with E-state index in [4.69, 9.17) is 27.3 Å². The lowest BCUT2D eigenvalue weighted by atomic mass is 10.2. The van der Waals surface area contributed by atoms with Crippen LogP contribution in [0.4, 0.5) is 0 Å². The Morgan fingerprint density at radius 3 is 3.00 bits per heavy atom. The number of amidine groups is 1. The minimum absolute atomic E-state index is 0.0367. The van der Waals surface area contributed by atoms with Crippen molar-refractivity contribution in [3.8, 4) is 0 Å². The first-order chi connectivity index (χ1) is 8.63. The second-order valence-electron chi connectivity index (χ2n) is 4.12. The van der Waals surface area contributed by atoms with Crippen LogP contribution in [0.1, 0.15) is 18.9 Å². The van der Waals surface area contributed by atoms with Crippen LogP contribution in [0.3, 0.4) is 0 Å². The highest BCUT2D eigenvalue weighted by Gasteiger charge is 2.26. The highest BCUT2D eigenvalue weighted by atomic mass is 35.5. The molecule has 3 N–H and O–H groups in total. The zero-order valence-electron chi connectivity index (χ0n) is 9.97. The summed E-state index contributed by atoms with van der Waals surface area (Å²) in [5, 5.41) is 12.7. The molecule has 1 aromatic carbocycles. The van der Waals surface area contributed by atoms with Crippen molar-refractivity contribution in [3.05, 3.63) is 28.8 Å². The van der Waals surface area contributed by atoms with Crippen LogP contribution in [0.5, 0.6) is 0 Å². The first-order valence-corrected chi connectivity index (χ1v) is 6.94. The lowest BCUT2D eigenvalue weighted by Gasteiger charge is -2.16. The van der Waals surface area contributed by atoms with Crippen LogP contribution < -0.4 is 5.73 Å². The Labute approximate surface area is 115 Å². The molecule has 0 radical (unpaired) electrons. The summed E-state index contributed by atoms with van der Waals surface area (Å²) >= 11 is 7.77. The maximum atomic E-state index is 8.82. The molecule has 6 heteroatoms. The molecule has 2 rings (SSSR count). The van der Waals surface area contributed by atoms with Gasteiger partial charge in [-0.15, -0.1) is 11.8 Å². The number of halogens is 1. The number of ether oxygens (including phenoxy) is 1. The number of benzene rings is 1. The lowest BCUT2D eigenvalue weighted by Crippen LogP contribution is -2.17. The maximum Gasteiger partial charge on any atom is 0.172 e. The molecule has 0 aliphatic carbocycles. The molecule has 1 aliphatic rings. The number of oxime groups is 1. The summed E-state index contributed by atoms with van der Waals surface area (Å²) < 4.78 is 5.53. The Bertz CT molecular complexity index is 467. The molecule has 0 aromatic heterocycles. The zero-order valence-corrected chi connectivity index (χ0v) is 11.5. The van der Waals surface area contributed by atoms with E-state index in [1.165, 1.54) is 0 Å². The van der Waals surface area contributed by atoms with Crippen molar-refractivity contribution in [2.45, 2.75) is 29.6 Å². The van der Waals surface area contributed by atoms with Gasteiger partial charge in [-0.25, -0.2) is 0 Å². The third kappa shape index (κ3) is 2.74. The molecule has 1 heterocycles. The van der Waals surface area contributed by atoms with Crippen molar-refractivity contribution >= 4 is 29.2 Å². The topological polar surface area (TPSA) is 67.8 Å². The fourth-order valence-electron chi connectivity index (χ4n) is 1.93. The van der Waals surface area contributed by atoms with Gasteiger partial charge >= 0.3 is 0 Å². The third-order valence-electron chi connectivity index (χ3n) is 2.92. The van der Waals surface area contributed by atoms with Crippen molar-refractivity contribution < 1.29 is 9.94 Å². The van der Waals surface area contributed by atoms with Crippen LogP contribution in [-0.2, 0) is 4.74 Å². The number of nitrogens with two attached hydrogens (primary N) is 1. The summed E-state index contributed by atoms with van der Waals surface area (Å²) in [5.41, 5.74) is 6.26. The highest BCUT2D eigenvalue weighted by molar-refractivity contribution is 8.00. The SMILES string of the molecule is CC1OCCC1Sc1cccc(Cl)c1/C(N)=N/O. The fourth-order valence-corrected chi connectivity index (χ4v) is 3.56. The van der Waals surface area contributed by atoms with Gasteiger partial charge in [0.15, 0.2) is 5.84 Å². The summed E-state index contributed by atoms with van der Waals surface area (Å²) in [6, 6.07) is 5.52. The summed E-state index contributed by atoms with van der Waals surface area (Å²) in [6.45, 7) is 2.83. The standard InChI is InChI=1S/C12H15ClN2O2S/c1-7-9(5-6-17-7)18-10-4-2-3-8(13)11(10)12(14)15-16/h2-4,7,9,16H,5-6H2,1H3,(H2,14,15). The van der Waals surface area contributed by atoms with E-state index < -0.39 is 0 Å². The Balaban J connectivity index is 2.30. The van der Waals surface area contributed by atoms with Gasteiger partial charge in [-0.2, -0.15) is 0 Å². The quantitative estimate of drug-likeness (QED) is 0.388. The zero-order chi connectivity index (χ0) is 13.1. The van der Waals surface area contributed by atoms with Crippen molar-refractivity contribution in [1.29, 1.82) is 0 Å². The maximum absolute atomic E-state index is 8.82. The predicted octanol–water partition coefficient (Wildman–Crippen LogP) is 2.70. The number of hydrogen-bond acceptors (Lipinski definition) is 4. The molecule has 1 saturated heterocycles. The monoisotopic (exact) mass is 286 g/mol. The van der Waals surface area contributed by atoms with Gasteiger partial charge in [-0.1, -0.05) is 22.8 Å². The number of hydrogen-bond donors (Lipinski definition) is 2. The molecule has 1 fully saturated rings. The summed E-state index contributed by atoms with van der Waals surface area (Å²) in [6.07, 6.45) is 1.20. The van der Waals surface area contributed by atoms with Crippen molar-refractivity contribution in [3.63, 3.8) is 0 Å². The van der Waals surface area contributed by atoms with Gasteiger partial charge in [0.2, 0.25) is 0 Å². The molecular weight excluding hydrogens is 272 g/mol. The van der Waals surface area contributed by atoms with Crippen molar-refractivity contribution in [2.75, 3.05) is 6.61 Å². The van der Waals surface area contributed by atoms with E-state index in [-0.39, 0.29) is 11.9 Å². The van der Waals surface area contributed by atoms with E-state index >= 15 is 0 Å². The molecule has 98 valence electrons. The van der Waals surface area contributed by atoms with Crippen LogP contribution in [-0.4, -0.2) is 29.0 Å². The fraction of sp³-hybridized carbons (Fsp3) is 0.417. The lowest BCUT2D eigenvalue weighted by molar-refractivity contribution is 0.127. The van der Waals surface area contributed by atoms with Crippen molar-refractivity contribution in [2.24, 2.45) is 10.9 Å². The third-order valence-corrected chi connectivity index (χ3v) is 4.76. The van der Waals surface area contributed by atoms with E-state index in [1.807, 2.05) is 12.1 Å². The molecule has 2 atom stereocenters. The molecule has 0 saturated carbocycles. The summed E-state index contributed by atoms with van der Waals surface area (Å²) in [5.74, 6) is 0.0367. The largest absolute Gasteiger partial charge is 0.409 e. The van der Waals surface area contributed by atoms with E-state index in [1.54, 1.807) is 17.8 Å². The van der Waals surface area contributed by atoms with Crippen LogP contribution >= 0.6 is 23.4 Å². The van der Waals surface area contributed by atoms with Crippen LogP contribution in [0.15, 0.2) is 28.3 Å². The smallest absolute Gasteiger partial charge is 0.172 e. The van der Waals surface area contributed by atoms with Crippen LogP contribution in [0.2, 0.25) is 5.02 Å². The molecule has 1 aromatic rings. The Kier molecular flexibility index (Phi) is 4.37. The first kappa shape index (κ1) is 13.5. The molecule has 18 heavy (non-hydrogen) atoms. The molecule has 2 unspecified atom stereocenters. The van der Waals surface area contributed by atoms with E-state index in [2.05, 4.69) is 12.1 Å². The van der Waals surface area contributed by atoms with Gasteiger partial charge in [-0.05, 0) is 25.5 Å². The van der Waals surface area contributed by atoms with Gasteiger partial charge in [0.25, 0.3) is 0 Å². The second-order valence-corrected chi connectivity index (χ2v) is 5.81. The van der Waals surface area contributed by atoms with Gasteiger partial charge in [0.1, 0.15) is 0 Å². The number of rotatable bonds is 3. The molecule has 4 nitrogen and oxygen atoms in total. The van der Waals surface area contributed by atoms with Gasteiger partial charge in [0.05, 0.1) is 16.7 Å². The Morgan fingerprint density at radius 2 is 2.39 bits per heavy atom. The molecule has 0 bridgehead atoms. The summed E-state index contributed by atoms with van der Waals surface area (Å²) in [7, 11) is 0. The Hall–Kier alpha value is -0.910. The molecular formula is C12H15ClN2O2S. The minimum atomic E-state index is 0.0367. The van der Waals surface area contributed by atoms with Crippen molar-refractivity contribution in [1.82, 2.24) is 0 Å². The molecule has 1 aliphatic heterocycles. The van der Waals surface area contributed by atoms with Gasteiger partial charge in [-0.3, -0.25) is 0 Å². The number of nitrogens with zero attached hydrogens (tertiary/aromatic N) is 1. The molecule has 0 amide bonds. The normalized spacial score (nSPS) is 24.4.